The first kappa shape index (κ1) is 17.2. The summed E-state index contributed by atoms with van der Waals surface area (Å²) >= 11 is 0. The average molecular weight is 356 g/mol. The Labute approximate surface area is 152 Å². The third-order valence-corrected chi connectivity index (χ3v) is 5.67. The van der Waals surface area contributed by atoms with E-state index in [4.69, 9.17) is 0 Å². The van der Waals surface area contributed by atoms with Crippen LogP contribution in [-0.2, 0) is 22.7 Å². The topological polar surface area (TPSA) is 81.8 Å². The van der Waals surface area contributed by atoms with E-state index in [1.807, 2.05) is 19.2 Å². The van der Waals surface area contributed by atoms with Crippen LogP contribution < -0.4 is 10.6 Å². The summed E-state index contributed by atoms with van der Waals surface area (Å²) in [5.74, 6) is -0.738. The molecule has 3 amide bonds. The van der Waals surface area contributed by atoms with Crippen molar-refractivity contribution in [3.63, 3.8) is 0 Å². The van der Waals surface area contributed by atoms with E-state index in [-0.39, 0.29) is 24.1 Å². The van der Waals surface area contributed by atoms with Gasteiger partial charge in [0.1, 0.15) is 6.04 Å². The number of hydrogen-bond donors (Lipinski definition) is 2. The van der Waals surface area contributed by atoms with Gasteiger partial charge in [-0.05, 0) is 37.1 Å². The number of benzene rings is 1. The van der Waals surface area contributed by atoms with Gasteiger partial charge in [0.25, 0.3) is 5.91 Å². The number of rotatable bonds is 4. The number of likely N-dealkylation sites (tertiary alicyclic amines) is 1. The second kappa shape index (κ2) is 6.81. The molecule has 2 saturated heterocycles. The lowest BCUT2D eigenvalue weighted by molar-refractivity contribution is -0.136. The molecule has 26 heavy (non-hydrogen) atoms. The van der Waals surface area contributed by atoms with Gasteiger partial charge in [0.15, 0.2) is 0 Å². The standard InChI is InChI=1S/C19H24N4O3/c1-20-14-6-7-22(11-14)9-12-2-3-15-13(8-12)10-23(19(15)26)16-4-5-17(24)21-18(16)25/h2-3,8,14,16,20H,4-7,9-11H2,1H3,(H,21,24,25). The maximum atomic E-state index is 12.7. The number of hydrogen-bond acceptors (Lipinski definition) is 5. The molecule has 2 atom stereocenters. The molecule has 0 spiro atoms. The van der Waals surface area contributed by atoms with Crippen molar-refractivity contribution in [2.75, 3.05) is 20.1 Å². The molecule has 1 aromatic rings. The predicted molar refractivity (Wildman–Crippen MR) is 95.2 cm³/mol. The maximum Gasteiger partial charge on any atom is 0.255 e. The number of likely N-dealkylation sites (N-methyl/N-ethyl adjacent to an activating group) is 1. The number of piperidine rings is 1. The van der Waals surface area contributed by atoms with E-state index in [2.05, 4.69) is 21.6 Å². The lowest BCUT2D eigenvalue weighted by Crippen LogP contribution is -2.52. The number of fused-ring (bicyclic) bond motifs is 1. The third kappa shape index (κ3) is 3.12. The number of imide groups is 1. The minimum Gasteiger partial charge on any atom is -0.322 e. The summed E-state index contributed by atoms with van der Waals surface area (Å²) in [5.41, 5.74) is 2.84. The Kier molecular flexibility index (Phi) is 4.50. The van der Waals surface area contributed by atoms with Gasteiger partial charge in [0, 0.05) is 44.2 Å². The Morgan fingerprint density at radius 3 is 2.81 bits per heavy atom. The van der Waals surface area contributed by atoms with Crippen molar-refractivity contribution in [3.05, 3.63) is 34.9 Å². The monoisotopic (exact) mass is 356 g/mol. The first-order valence-corrected chi connectivity index (χ1v) is 9.21. The highest BCUT2D eigenvalue weighted by Crippen LogP contribution is 2.28. The molecule has 2 fully saturated rings. The average Bonchev–Trinajstić information content (AvgIpc) is 3.19. The molecule has 0 aliphatic carbocycles. The van der Waals surface area contributed by atoms with Crippen LogP contribution in [0.25, 0.3) is 0 Å². The molecule has 1 aromatic carbocycles. The Bertz CT molecular complexity index is 763. The lowest BCUT2D eigenvalue weighted by Gasteiger charge is -2.29. The van der Waals surface area contributed by atoms with Crippen LogP contribution in [0, 0.1) is 0 Å². The molecule has 4 rings (SSSR count). The minimum absolute atomic E-state index is 0.113. The van der Waals surface area contributed by atoms with Crippen LogP contribution in [0.1, 0.15) is 40.7 Å². The zero-order chi connectivity index (χ0) is 18.3. The van der Waals surface area contributed by atoms with Gasteiger partial charge in [0.2, 0.25) is 11.8 Å². The van der Waals surface area contributed by atoms with Crippen LogP contribution in [0.15, 0.2) is 18.2 Å². The summed E-state index contributed by atoms with van der Waals surface area (Å²) in [6.07, 6.45) is 1.84. The van der Waals surface area contributed by atoms with E-state index in [0.717, 1.165) is 31.6 Å². The Hall–Kier alpha value is -2.25. The molecule has 138 valence electrons. The van der Waals surface area contributed by atoms with Crippen molar-refractivity contribution in [2.24, 2.45) is 0 Å². The van der Waals surface area contributed by atoms with Gasteiger partial charge in [0.05, 0.1) is 0 Å². The fourth-order valence-corrected chi connectivity index (χ4v) is 4.20. The van der Waals surface area contributed by atoms with E-state index in [1.54, 1.807) is 4.90 Å². The molecule has 2 unspecified atom stereocenters. The quantitative estimate of drug-likeness (QED) is 0.756. The van der Waals surface area contributed by atoms with E-state index in [9.17, 15) is 14.4 Å². The van der Waals surface area contributed by atoms with Gasteiger partial charge in [-0.25, -0.2) is 0 Å². The fourth-order valence-electron chi connectivity index (χ4n) is 4.20. The third-order valence-electron chi connectivity index (χ3n) is 5.67. The first-order valence-electron chi connectivity index (χ1n) is 9.21. The second-order valence-corrected chi connectivity index (χ2v) is 7.40. The van der Waals surface area contributed by atoms with Gasteiger partial charge >= 0.3 is 0 Å². The van der Waals surface area contributed by atoms with Gasteiger partial charge in [-0.3, -0.25) is 24.6 Å². The first-order chi connectivity index (χ1) is 12.5. The zero-order valence-electron chi connectivity index (χ0n) is 15.0. The zero-order valence-corrected chi connectivity index (χ0v) is 15.0. The molecule has 7 heteroatoms. The van der Waals surface area contributed by atoms with Gasteiger partial charge in [-0.2, -0.15) is 0 Å². The molecule has 3 heterocycles. The molecular weight excluding hydrogens is 332 g/mol. The summed E-state index contributed by atoms with van der Waals surface area (Å²) in [4.78, 5) is 40.2. The van der Waals surface area contributed by atoms with Crippen LogP contribution in [0.5, 0.6) is 0 Å². The number of nitrogens with one attached hydrogen (secondary N) is 2. The van der Waals surface area contributed by atoms with Crippen LogP contribution >= 0.6 is 0 Å². The Balaban J connectivity index is 1.46. The summed E-state index contributed by atoms with van der Waals surface area (Å²) in [6.45, 7) is 3.42. The van der Waals surface area contributed by atoms with Crippen molar-refractivity contribution >= 4 is 17.7 Å². The molecule has 0 bridgehead atoms. The molecule has 2 N–H and O–H groups in total. The minimum atomic E-state index is -0.550. The van der Waals surface area contributed by atoms with Gasteiger partial charge in [-0.15, -0.1) is 0 Å². The van der Waals surface area contributed by atoms with Crippen LogP contribution in [0.3, 0.4) is 0 Å². The van der Waals surface area contributed by atoms with Crippen molar-refractivity contribution in [2.45, 2.75) is 44.4 Å². The fraction of sp³-hybridized carbons (Fsp3) is 0.526. The lowest BCUT2D eigenvalue weighted by atomic mass is 10.0. The molecule has 0 aromatic heterocycles. The number of carbonyl (C=O) groups is 3. The summed E-state index contributed by atoms with van der Waals surface area (Å²) in [6, 6.07) is 5.98. The summed E-state index contributed by atoms with van der Waals surface area (Å²) in [7, 11) is 2.00. The summed E-state index contributed by atoms with van der Waals surface area (Å²) in [5, 5.41) is 5.66. The van der Waals surface area contributed by atoms with Crippen molar-refractivity contribution < 1.29 is 14.4 Å². The molecule has 0 saturated carbocycles. The molecular formula is C19H24N4O3. The van der Waals surface area contributed by atoms with Crippen LogP contribution in [0.2, 0.25) is 0 Å². The predicted octanol–water partition coefficient (Wildman–Crippen LogP) is 0.241. The van der Waals surface area contributed by atoms with Crippen LogP contribution in [0.4, 0.5) is 0 Å². The van der Waals surface area contributed by atoms with Gasteiger partial charge < -0.3 is 10.2 Å². The SMILES string of the molecule is CNC1CCN(Cc2ccc3c(c2)CN(C2CCC(=O)NC2=O)C3=O)C1. The molecule has 0 radical (unpaired) electrons. The Morgan fingerprint density at radius 2 is 2.08 bits per heavy atom. The normalized spacial score (nSPS) is 26.3. The van der Waals surface area contributed by atoms with Crippen molar-refractivity contribution in [3.8, 4) is 0 Å². The smallest absolute Gasteiger partial charge is 0.255 e. The largest absolute Gasteiger partial charge is 0.322 e. The number of carbonyl (C=O) groups excluding carboxylic acids is 3. The number of amides is 3. The van der Waals surface area contributed by atoms with Crippen molar-refractivity contribution in [1.82, 2.24) is 20.4 Å². The number of nitrogens with zero attached hydrogens (tertiary/aromatic N) is 2. The molecule has 3 aliphatic heterocycles. The highest BCUT2D eigenvalue weighted by Gasteiger charge is 2.39. The van der Waals surface area contributed by atoms with Crippen LogP contribution in [-0.4, -0.2) is 59.7 Å². The molecule has 7 nitrogen and oxygen atoms in total. The summed E-state index contributed by atoms with van der Waals surface area (Å²) < 4.78 is 0. The van der Waals surface area contributed by atoms with E-state index in [0.29, 0.717) is 24.6 Å². The second-order valence-electron chi connectivity index (χ2n) is 7.40. The Morgan fingerprint density at radius 1 is 1.23 bits per heavy atom. The van der Waals surface area contributed by atoms with Crippen molar-refractivity contribution in [1.29, 1.82) is 0 Å². The highest BCUT2D eigenvalue weighted by molar-refractivity contribution is 6.05. The van der Waals surface area contributed by atoms with E-state index < -0.39 is 6.04 Å². The van der Waals surface area contributed by atoms with E-state index in [1.165, 1.54) is 5.56 Å². The van der Waals surface area contributed by atoms with E-state index >= 15 is 0 Å². The molecule has 3 aliphatic rings. The highest BCUT2D eigenvalue weighted by atomic mass is 16.2. The van der Waals surface area contributed by atoms with Gasteiger partial charge in [-0.1, -0.05) is 12.1 Å². The maximum absolute atomic E-state index is 12.7.